The summed E-state index contributed by atoms with van der Waals surface area (Å²) in [6.45, 7) is 1.56. The Kier molecular flexibility index (Phi) is 6.77. The summed E-state index contributed by atoms with van der Waals surface area (Å²) in [5.74, 6) is -0.176. The largest absolute Gasteiger partial charge is 0.497 e. The Morgan fingerprint density at radius 3 is 2.40 bits per heavy atom. The topological polar surface area (TPSA) is 64.6 Å². The van der Waals surface area contributed by atoms with E-state index in [9.17, 15) is 9.59 Å². The molecule has 5 nitrogen and oxygen atoms in total. The van der Waals surface area contributed by atoms with Gasteiger partial charge in [0.25, 0.3) is 5.91 Å². The summed E-state index contributed by atoms with van der Waals surface area (Å²) < 4.78 is 10.0. The van der Waals surface area contributed by atoms with Gasteiger partial charge in [-0.25, -0.2) is 4.79 Å². The van der Waals surface area contributed by atoms with Gasteiger partial charge in [-0.15, -0.1) is 0 Å². The number of esters is 1. The van der Waals surface area contributed by atoms with Crippen LogP contribution in [0, 0.1) is 0 Å². The molecule has 130 valence electrons. The summed E-state index contributed by atoms with van der Waals surface area (Å²) in [5, 5.41) is 2.78. The number of nitrogens with one attached hydrogen (secondary N) is 1. The van der Waals surface area contributed by atoms with Crippen molar-refractivity contribution >= 4 is 18.0 Å². The number of hydrogen-bond donors (Lipinski definition) is 1. The molecular weight excluding hydrogens is 318 g/mol. The van der Waals surface area contributed by atoms with Crippen molar-refractivity contribution in [3.63, 3.8) is 0 Å². The number of amides is 1. The van der Waals surface area contributed by atoms with Gasteiger partial charge in [0.05, 0.1) is 13.2 Å². The zero-order valence-corrected chi connectivity index (χ0v) is 14.3. The molecule has 25 heavy (non-hydrogen) atoms. The minimum absolute atomic E-state index is 0.151. The molecule has 0 aliphatic carbocycles. The Bertz CT molecular complexity index is 723. The molecule has 0 unspecified atom stereocenters. The van der Waals surface area contributed by atoms with Gasteiger partial charge < -0.3 is 14.8 Å². The number of benzene rings is 2. The molecule has 0 radical (unpaired) electrons. The molecule has 2 rings (SSSR count). The van der Waals surface area contributed by atoms with Crippen LogP contribution in [0.3, 0.4) is 0 Å². The van der Waals surface area contributed by atoms with E-state index in [0.29, 0.717) is 0 Å². The first-order valence-corrected chi connectivity index (χ1v) is 7.91. The van der Waals surface area contributed by atoms with E-state index in [-0.39, 0.29) is 18.6 Å². The van der Waals surface area contributed by atoms with Crippen LogP contribution in [0.2, 0.25) is 0 Å². The highest BCUT2D eigenvalue weighted by atomic mass is 16.5. The van der Waals surface area contributed by atoms with Gasteiger partial charge in [-0.05, 0) is 36.3 Å². The highest BCUT2D eigenvalue weighted by Crippen LogP contribution is 2.12. The Morgan fingerprint density at radius 2 is 1.76 bits per heavy atom. The van der Waals surface area contributed by atoms with Crippen molar-refractivity contribution in [2.75, 3.05) is 13.7 Å². The molecule has 0 aliphatic heterocycles. The van der Waals surface area contributed by atoms with E-state index in [1.807, 2.05) is 49.4 Å². The minimum Gasteiger partial charge on any atom is -0.497 e. The van der Waals surface area contributed by atoms with Gasteiger partial charge >= 0.3 is 5.97 Å². The molecule has 0 bridgehead atoms. The first kappa shape index (κ1) is 18.3. The second kappa shape index (κ2) is 9.27. The summed E-state index contributed by atoms with van der Waals surface area (Å²) in [7, 11) is 1.59. The van der Waals surface area contributed by atoms with Gasteiger partial charge in [-0.2, -0.15) is 0 Å². The molecule has 2 aromatic rings. The van der Waals surface area contributed by atoms with Gasteiger partial charge in [-0.3, -0.25) is 4.79 Å². The molecule has 1 atom stereocenters. The van der Waals surface area contributed by atoms with E-state index in [1.165, 1.54) is 6.08 Å². The Balaban J connectivity index is 1.76. The normalized spacial score (nSPS) is 11.8. The Hall–Kier alpha value is -3.08. The predicted octanol–water partition coefficient (Wildman–Crippen LogP) is 3.13. The van der Waals surface area contributed by atoms with E-state index < -0.39 is 5.97 Å². The highest BCUT2D eigenvalue weighted by molar-refractivity contribution is 5.89. The fourth-order valence-corrected chi connectivity index (χ4v) is 2.17. The Morgan fingerprint density at radius 1 is 1.08 bits per heavy atom. The number of hydrogen-bond acceptors (Lipinski definition) is 4. The number of methoxy groups -OCH3 is 1. The quantitative estimate of drug-likeness (QED) is 0.622. The lowest BCUT2D eigenvalue weighted by Gasteiger charge is -2.13. The predicted molar refractivity (Wildman–Crippen MR) is 96.0 cm³/mol. The molecule has 0 aliphatic rings. The lowest BCUT2D eigenvalue weighted by molar-refractivity contribution is -0.144. The molecule has 0 heterocycles. The van der Waals surface area contributed by atoms with E-state index in [1.54, 1.807) is 25.3 Å². The average Bonchev–Trinajstić information content (AvgIpc) is 2.65. The molecule has 0 aromatic heterocycles. The standard InChI is InChI=1S/C20H21NO4/c1-15(17-6-4-3-5-7-17)21-19(22)14-25-20(23)13-10-16-8-11-18(24-2)12-9-16/h3-13,15H,14H2,1-2H3,(H,21,22)/b13-10+/t15-/m1/s1. The minimum atomic E-state index is -0.571. The van der Waals surface area contributed by atoms with E-state index in [0.717, 1.165) is 16.9 Å². The fourth-order valence-electron chi connectivity index (χ4n) is 2.17. The summed E-state index contributed by atoms with van der Waals surface area (Å²) in [6, 6.07) is 16.6. The molecule has 1 amide bonds. The van der Waals surface area contributed by atoms with Crippen molar-refractivity contribution in [3.05, 3.63) is 71.8 Å². The third-order valence-corrected chi connectivity index (χ3v) is 3.55. The summed E-state index contributed by atoms with van der Waals surface area (Å²) in [6.07, 6.45) is 2.90. The van der Waals surface area contributed by atoms with Gasteiger partial charge in [0.2, 0.25) is 0 Å². The van der Waals surface area contributed by atoms with E-state index >= 15 is 0 Å². The smallest absolute Gasteiger partial charge is 0.331 e. The van der Waals surface area contributed by atoms with Gasteiger partial charge in [0.15, 0.2) is 6.61 Å². The highest BCUT2D eigenvalue weighted by Gasteiger charge is 2.10. The zero-order chi connectivity index (χ0) is 18.1. The van der Waals surface area contributed by atoms with E-state index in [4.69, 9.17) is 9.47 Å². The van der Waals surface area contributed by atoms with Crippen LogP contribution < -0.4 is 10.1 Å². The molecular formula is C20H21NO4. The summed E-state index contributed by atoms with van der Waals surface area (Å²) in [4.78, 5) is 23.5. The van der Waals surface area contributed by atoms with Crippen molar-refractivity contribution in [2.24, 2.45) is 0 Å². The lowest BCUT2D eigenvalue weighted by atomic mass is 10.1. The maximum Gasteiger partial charge on any atom is 0.331 e. The van der Waals surface area contributed by atoms with Crippen molar-refractivity contribution in [3.8, 4) is 5.75 Å². The van der Waals surface area contributed by atoms with Gasteiger partial charge in [0, 0.05) is 6.08 Å². The maximum atomic E-state index is 11.8. The third-order valence-electron chi connectivity index (χ3n) is 3.55. The molecule has 1 N–H and O–H groups in total. The van der Waals surface area contributed by atoms with Crippen LogP contribution in [0.4, 0.5) is 0 Å². The fraction of sp³-hybridized carbons (Fsp3) is 0.200. The van der Waals surface area contributed by atoms with Crippen LogP contribution in [0.5, 0.6) is 5.75 Å². The van der Waals surface area contributed by atoms with Crippen molar-refractivity contribution in [1.29, 1.82) is 0 Å². The Labute approximate surface area is 147 Å². The van der Waals surface area contributed by atoms with Crippen molar-refractivity contribution < 1.29 is 19.1 Å². The lowest BCUT2D eigenvalue weighted by Crippen LogP contribution is -2.30. The molecule has 2 aromatic carbocycles. The van der Waals surface area contributed by atoms with Crippen LogP contribution >= 0.6 is 0 Å². The molecule has 0 spiro atoms. The maximum absolute atomic E-state index is 11.8. The molecule has 0 fully saturated rings. The van der Waals surface area contributed by atoms with Crippen molar-refractivity contribution in [2.45, 2.75) is 13.0 Å². The number of rotatable bonds is 7. The second-order valence-corrected chi connectivity index (χ2v) is 5.41. The van der Waals surface area contributed by atoms with Crippen LogP contribution in [-0.2, 0) is 14.3 Å². The van der Waals surface area contributed by atoms with E-state index in [2.05, 4.69) is 5.32 Å². The molecule has 0 saturated carbocycles. The number of carbonyl (C=O) groups is 2. The third kappa shape index (κ3) is 6.14. The van der Waals surface area contributed by atoms with Crippen LogP contribution in [0.15, 0.2) is 60.7 Å². The van der Waals surface area contributed by atoms with Crippen LogP contribution in [-0.4, -0.2) is 25.6 Å². The molecule has 0 saturated heterocycles. The summed E-state index contributed by atoms with van der Waals surface area (Å²) in [5.41, 5.74) is 1.82. The number of ether oxygens (including phenoxy) is 2. The SMILES string of the molecule is COc1ccc(/C=C/C(=O)OCC(=O)N[C@H](C)c2ccccc2)cc1. The first-order chi connectivity index (χ1) is 12.1. The van der Waals surface area contributed by atoms with Crippen LogP contribution in [0.1, 0.15) is 24.1 Å². The summed E-state index contributed by atoms with van der Waals surface area (Å²) >= 11 is 0. The number of carbonyl (C=O) groups excluding carboxylic acids is 2. The van der Waals surface area contributed by atoms with Gasteiger partial charge in [-0.1, -0.05) is 42.5 Å². The van der Waals surface area contributed by atoms with Gasteiger partial charge in [0.1, 0.15) is 5.75 Å². The van der Waals surface area contributed by atoms with Crippen LogP contribution in [0.25, 0.3) is 6.08 Å². The average molecular weight is 339 g/mol. The van der Waals surface area contributed by atoms with Crippen molar-refractivity contribution in [1.82, 2.24) is 5.32 Å². The first-order valence-electron chi connectivity index (χ1n) is 7.91. The zero-order valence-electron chi connectivity index (χ0n) is 14.3. The monoisotopic (exact) mass is 339 g/mol. The second-order valence-electron chi connectivity index (χ2n) is 5.41. The molecule has 5 heteroatoms.